The molecule has 1 aromatic carbocycles. The van der Waals surface area contributed by atoms with Crippen molar-refractivity contribution < 1.29 is 8.94 Å². The van der Waals surface area contributed by atoms with E-state index in [-0.39, 0.29) is 16.6 Å². The number of nitrogens with one attached hydrogen (secondary N) is 1. The predicted octanol–water partition coefficient (Wildman–Crippen LogP) is 4.15. The van der Waals surface area contributed by atoms with E-state index in [1.54, 1.807) is 17.4 Å². The number of hydrogen-bond donors (Lipinski definition) is 1. The molecule has 0 spiro atoms. The van der Waals surface area contributed by atoms with E-state index in [4.69, 9.17) is 0 Å². The molecule has 2 atom stereocenters. The van der Waals surface area contributed by atoms with Crippen molar-refractivity contribution in [3.05, 3.63) is 35.0 Å². The van der Waals surface area contributed by atoms with Crippen molar-refractivity contribution in [3.63, 3.8) is 0 Å². The summed E-state index contributed by atoms with van der Waals surface area (Å²) in [5, 5.41) is 0.898. The first-order valence-corrected chi connectivity index (χ1v) is 8.11. The molecule has 104 valence electrons. The summed E-state index contributed by atoms with van der Waals surface area (Å²) in [4.78, 5) is 1.07. The molecule has 0 bridgehead atoms. The van der Waals surface area contributed by atoms with E-state index in [1.807, 2.05) is 33.8 Å². The van der Waals surface area contributed by atoms with E-state index in [0.717, 1.165) is 15.0 Å². The van der Waals surface area contributed by atoms with Crippen molar-refractivity contribution in [1.29, 1.82) is 0 Å². The van der Waals surface area contributed by atoms with Crippen LogP contribution in [0.25, 0.3) is 10.1 Å². The lowest BCUT2D eigenvalue weighted by Crippen LogP contribution is -2.40. The molecule has 0 saturated heterocycles. The molecule has 0 aliphatic rings. The van der Waals surface area contributed by atoms with Crippen LogP contribution in [0.15, 0.2) is 24.3 Å². The quantitative estimate of drug-likeness (QED) is 0.864. The minimum Gasteiger partial charge on any atom is -0.598 e. The number of rotatable bonds is 3. The molecule has 1 heterocycles. The second kappa shape index (κ2) is 5.40. The average molecular weight is 299 g/mol. The van der Waals surface area contributed by atoms with Gasteiger partial charge in [0.15, 0.2) is 0 Å². The lowest BCUT2D eigenvalue weighted by molar-refractivity contribution is 0.532. The number of fused-ring (bicyclic) bond motifs is 1. The Bertz CT molecular complexity index is 576. The zero-order valence-electron chi connectivity index (χ0n) is 11.5. The Morgan fingerprint density at radius 1 is 1.32 bits per heavy atom. The molecule has 0 fully saturated rings. The molecule has 2 nitrogen and oxygen atoms in total. The molecule has 0 aliphatic heterocycles. The normalized spacial score (nSPS) is 15.7. The Hall–Kier alpha value is -0.620. The molecule has 19 heavy (non-hydrogen) atoms. The maximum Gasteiger partial charge on any atom is 0.136 e. The Morgan fingerprint density at radius 2 is 2.00 bits per heavy atom. The third-order valence-corrected chi connectivity index (χ3v) is 5.74. The summed E-state index contributed by atoms with van der Waals surface area (Å²) in [7, 11) is 0. The molecule has 2 rings (SSSR count). The van der Waals surface area contributed by atoms with Crippen LogP contribution in [0, 0.1) is 5.82 Å². The predicted molar refractivity (Wildman–Crippen MR) is 81.2 cm³/mol. The highest BCUT2D eigenvalue weighted by Crippen LogP contribution is 2.31. The summed E-state index contributed by atoms with van der Waals surface area (Å²) in [6.45, 7) is 7.78. The molecule has 2 aromatic rings. The van der Waals surface area contributed by atoms with Crippen molar-refractivity contribution in [1.82, 2.24) is 4.72 Å². The molecular weight excluding hydrogens is 281 g/mol. The number of hydrogen-bond acceptors (Lipinski definition) is 3. The summed E-state index contributed by atoms with van der Waals surface area (Å²) in [6.07, 6.45) is 0. The van der Waals surface area contributed by atoms with E-state index >= 15 is 0 Å². The fraction of sp³-hybridized carbons (Fsp3) is 0.429. The lowest BCUT2D eigenvalue weighted by atomic mass is 10.2. The molecule has 0 aliphatic carbocycles. The van der Waals surface area contributed by atoms with Crippen LogP contribution in [0.2, 0.25) is 0 Å². The maximum atomic E-state index is 13.2. The Kier molecular flexibility index (Phi) is 4.20. The van der Waals surface area contributed by atoms with Gasteiger partial charge in [-0.3, -0.25) is 0 Å². The summed E-state index contributed by atoms with van der Waals surface area (Å²) in [6, 6.07) is 6.73. The molecule has 1 N–H and O–H groups in total. The van der Waals surface area contributed by atoms with Gasteiger partial charge in [0.1, 0.15) is 10.6 Å². The molecule has 0 saturated carbocycles. The van der Waals surface area contributed by atoms with Gasteiger partial charge in [-0.1, -0.05) is 0 Å². The van der Waals surface area contributed by atoms with Crippen molar-refractivity contribution >= 4 is 32.8 Å². The van der Waals surface area contributed by atoms with Crippen LogP contribution in [0.5, 0.6) is 0 Å². The number of halogens is 1. The van der Waals surface area contributed by atoms with Gasteiger partial charge in [0.25, 0.3) is 0 Å². The SMILES string of the molecule is CC(N[S@@+]([O-])C(C)(C)C)c1cc2cc(F)ccc2s1. The first-order valence-electron chi connectivity index (χ1n) is 6.14. The van der Waals surface area contributed by atoms with Gasteiger partial charge in [-0.2, -0.15) is 0 Å². The standard InChI is InChI=1S/C14H18FNOS2/c1-9(16-19(17)14(2,3)4)13-8-10-7-11(15)5-6-12(10)18-13/h5-9,16H,1-4H3/t9?,19-/m0/s1. The van der Waals surface area contributed by atoms with Gasteiger partial charge in [0.2, 0.25) is 0 Å². The molecule has 0 radical (unpaired) electrons. The van der Waals surface area contributed by atoms with Gasteiger partial charge in [0.05, 0.1) is 6.04 Å². The fourth-order valence-electron chi connectivity index (χ4n) is 1.64. The molecule has 1 unspecified atom stereocenters. The Labute approximate surface area is 120 Å². The summed E-state index contributed by atoms with van der Waals surface area (Å²) in [5.74, 6) is -0.226. The van der Waals surface area contributed by atoms with Gasteiger partial charge < -0.3 is 4.55 Å². The van der Waals surface area contributed by atoms with E-state index in [9.17, 15) is 8.94 Å². The Morgan fingerprint density at radius 3 is 2.63 bits per heavy atom. The van der Waals surface area contributed by atoms with E-state index in [1.165, 1.54) is 12.1 Å². The van der Waals surface area contributed by atoms with E-state index in [2.05, 4.69) is 4.72 Å². The first kappa shape index (κ1) is 14.8. The zero-order chi connectivity index (χ0) is 14.2. The third kappa shape index (κ3) is 3.48. The van der Waals surface area contributed by atoms with Gasteiger partial charge in [-0.25, -0.2) is 4.39 Å². The second-order valence-electron chi connectivity index (χ2n) is 5.55. The van der Waals surface area contributed by atoms with Crippen LogP contribution >= 0.6 is 11.3 Å². The molecule has 0 amide bonds. The van der Waals surface area contributed by atoms with Crippen molar-refractivity contribution in [3.8, 4) is 0 Å². The van der Waals surface area contributed by atoms with Crippen LogP contribution in [0.4, 0.5) is 4.39 Å². The average Bonchev–Trinajstić information content (AvgIpc) is 2.70. The third-order valence-electron chi connectivity index (χ3n) is 2.76. The van der Waals surface area contributed by atoms with Crippen LogP contribution in [0.1, 0.15) is 38.6 Å². The van der Waals surface area contributed by atoms with E-state index < -0.39 is 11.4 Å². The zero-order valence-corrected chi connectivity index (χ0v) is 13.1. The summed E-state index contributed by atoms with van der Waals surface area (Å²) < 4.78 is 29.1. The second-order valence-corrected chi connectivity index (χ2v) is 8.66. The highest BCUT2D eigenvalue weighted by molar-refractivity contribution is 7.90. The van der Waals surface area contributed by atoms with Crippen LogP contribution in [-0.4, -0.2) is 9.30 Å². The van der Waals surface area contributed by atoms with Gasteiger partial charge in [-0.05, 0) is 57.3 Å². The number of thiophene rings is 1. The van der Waals surface area contributed by atoms with Gasteiger partial charge in [-0.15, -0.1) is 16.1 Å². The van der Waals surface area contributed by atoms with Crippen LogP contribution in [0.3, 0.4) is 0 Å². The van der Waals surface area contributed by atoms with Gasteiger partial charge in [0, 0.05) is 20.9 Å². The summed E-state index contributed by atoms with van der Waals surface area (Å²) in [5.41, 5.74) is 0. The minimum absolute atomic E-state index is 0.0134. The van der Waals surface area contributed by atoms with Crippen LogP contribution in [-0.2, 0) is 11.4 Å². The maximum absolute atomic E-state index is 13.2. The molecular formula is C14H18FNOS2. The first-order chi connectivity index (χ1) is 8.77. The van der Waals surface area contributed by atoms with E-state index in [0.29, 0.717) is 0 Å². The number of benzene rings is 1. The van der Waals surface area contributed by atoms with Gasteiger partial charge >= 0.3 is 0 Å². The highest BCUT2D eigenvalue weighted by atomic mass is 32.2. The smallest absolute Gasteiger partial charge is 0.136 e. The molecule has 1 aromatic heterocycles. The lowest BCUT2D eigenvalue weighted by Gasteiger charge is -2.26. The monoisotopic (exact) mass is 299 g/mol. The summed E-state index contributed by atoms with van der Waals surface area (Å²) >= 11 is 0.492. The minimum atomic E-state index is -1.11. The fourth-order valence-corrected chi connectivity index (χ4v) is 3.57. The van der Waals surface area contributed by atoms with Crippen molar-refractivity contribution in [2.75, 3.05) is 0 Å². The van der Waals surface area contributed by atoms with Crippen molar-refractivity contribution in [2.45, 2.75) is 38.5 Å². The Balaban J connectivity index is 2.20. The topological polar surface area (TPSA) is 35.1 Å². The highest BCUT2D eigenvalue weighted by Gasteiger charge is 2.28. The largest absolute Gasteiger partial charge is 0.598 e. The molecule has 5 heteroatoms. The van der Waals surface area contributed by atoms with Crippen molar-refractivity contribution in [2.24, 2.45) is 0 Å². The van der Waals surface area contributed by atoms with Crippen LogP contribution < -0.4 is 4.72 Å².